The molecule has 1 aliphatic rings. The van der Waals surface area contributed by atoms with Crippen molar-refractivity contribution in [2.75, 3.05) is 25.5 Å². The highest BCUT2D eigenvalue weighted by Crippen LogP contribution is 2.30. The topological polar surface area (TPSA) is 45.5 Å². The van der Waals surface area contributed by atoms with Crippen molar-refractivity contribution in [3.8, 4) is 11.3 Å². The molecule has 1 aromatic carbocycles. The number of likely N-dealkylation sites (tertiary alicyclic amines) is 1. The molecule has 5 nitrogen and oxygen atoms in total. The van der Waals surface area contributed by atoms with E-state index in [9.17, 15) is 0 Å². The highest BCUT2D eigenvalue weighted by molar-refractivity contribution is 9.10. The molecule has 1 saturated heterocycles. The van der Waals surface area contributed by atoms with Gasteiger partial charge in [0.1, 0.15) is 5.82 Å². The molecule has 1 unspecified atom stereocenters. The van der Waals surface area contributed by atoms with Crippen molar-refractivity contribution in [3.05, 3.63) is 46.0 Å². The number of fused-ring (bicyclic) bond motifs is 1. The number of hydrogen-bond acceptors (Lipinski definition) is 4. The van der Waals surface area contributed by atoms with Crippen LogP contribution in [-0.2, 0) is 0 Å². The second-order valence-corrected chi connectivity index (χ2v) is 7.99. The van der Waals surface area contributed by atoms with E-state index in [0.29, 0.717) is 11.1 Å². The maximum Gasteiger partial charge on any atom is 0.172 e. The molecule has 1 aliphatic heterocycles. The first-order chi connectivity index (χ1) is 12.6. The van der Waals surface area contributed by atoms with Gasteiger partial charge in [0, 0.05) is 29.2 Å². The maximum atomic E-state index is 6.38. The zero-order valence-electron chi connectivity index (χ0n) is 14.6. The van der Waals surface area contributed by atoms with Crippen LogP contribution in [0.4, 0.5) is 5.82 Å². The molecule has 0 spiro atoms. The van der Waals surface area contributed by atoms with Crippen molar-refractivity contribution >= 4 is 39.0 Å². The predicted octanol–water partition coefficient (Wildman–Crippen LogP) is 4.71. The Morgan fingerprint density at radius 3 is 2.96 bits per heavy atom. The van der Waals surface area contributed by atoms with Gasteiger partial charge in [-0.1, -0.05) is 29.8 Å². The SMILES string of the molecule is CN1CCCC1CCNc1cc(-c2ccccc2Cl)nc2c(Br)cnn12. The fraction of sp³-hybridized carbons (Fsp3) is 0.368. The van der Waals surface area contributed by atoms with Gasteiger partial charge in [-0.3, -0.25) is 0 Å². The summed E-state index contributed by atoms with van der Waals surface area (Å²) in [6.45, 7) is 2.10. The number of aromatic nitrogens is 3. The monoisotopic (exact) mass is 433 g/mol. The van der Waals surface area contributed by atoms with Crippen LogP contribution in [0.2, 0.25) is 5.02 Å². The Labute approximate surface area is 166 Å². The van der Waals surface area contributed by atoms with Crippen molar-refractivity contribution in [1.29, 1.82) is 0 Å². The van der Waals surface area contributed by atoms with E-state index in [1.807, 2.05) is 34.8 Å². The number of rotatable bonds is 5. The fourth-order valence-corrected chi connectivity index (χ4v) is 4.16. The lowest BCUT2D eigenvalue weighted by Crippen LogP contribution is -2.27. The van der Waals surface area contributed by atoms with E-state index < -0.39 is 0 Å². The lowest BCUT2D eigenvalue weighted by atomic mass is 10.1. The quantitative estimate of drug-likeness (QED) is 0.632. The third kappa shape index (κ3) is 3.46. The van der Waals surface area contributed by atoms with Crippen molar-refractivity contribution in [3.63, 3.8) is 0 Å². The second kappa shape index (κ2) is 7.55. The molecule has 1 N–H and O–H groups in total. The van der Waals surface area contributed by atoms with E-state index in [0.717, 1.165) is 40.2 Å². The lowest BCUT2D eigenvalue weighted by Gasteiger charge is -2.20. The Bertz CT molecular complexity index is 925. The van der Waals surface area contributed by atoms with Crippen LogP contribution in [0.15, 0.2) is 41.0 Å². The minimum absolute atomic E-state index is 0.659. The molecule has 3 heterocycles. The molecule has 0 amide bonds. The number of halogens is 2. The summed E-state index contributed by atoms with van der Waals surface area (Å²) in [6, 6.07) is 10.5. The summed E-state index contributed by atoms with van der Waals surface area (Å²) in [6.07, 6.45) is 5.46. The van der Waals surface area contributed by atoms with Crippen LogP contribution >= 0.6 is 27.5 Å². The average Bonchev–Trinajstić information content (AvgIpc) is 3.22. The number of anilines is 1. The molecule has 1 atom stereocenters. The van der Waals surface area contributed by atoms with Crippen LogP contribution in [0, 0.1) is 0 Å². The highest BCUT2D eigenvalue weighted by Gasteiger charge is 2.20. The summed E-state index contributed by atoms with van der Waals surface area (Å²) in [5.41, 5.74) is 2.54. The van der Waals surface area contributed by atoms with Gasteiger partial charge in [0.25, 0.3) is 0 Å². The zero-order chi connectivity index (χ0) is 18.1. The number of nitrogens with zero attached hydrogens (tertiary/aromatic N) is 4. The normalized spacial score (nSPS) is 17.9. The summed E-state index contributed by atoms with van der Waals surface area (Å²) >= 11 is 9.93. The van der Waals surface area contributed by atoms with Gasteiger partial charge < -0.3 is 10.2 Å². The minimum atomic E-state index is 0.659. The smallest absolute Gasteiger partial charge is 0.172 e. The van der Waals surface area contributed by atoms with E-state index in [-0.39, 0.29) is 0 Å². The van der Waals surface area contributed by atoms with Gasteiger partial charge in [-0.2, -0.15) is 9.61 Å². The number of benzene rings is 1. The van der Waals surface area contributed by atoms with Crippen molar-refractivity contribution in [2.24, 2.45) is 0 Å². The maximum absolute atomic E-state index is 6.38. The van der Waals surface area contributed by atoms with Crippen LogP contribution in [0.25, 0.3) is 16.9 Å². The van der Waals surface area contributed by atoms with Crippen LogP contribution in [-0.4, -0.2) is 45.7 Å². The molecule has 1 fully saturated rings. The van der Waals surface area contributed by atoms with Crippen LogP contribution in [0.5, 0.6) is 0 Å². The summed E-state index contributed by atoms with van der Waals surface area (Å²) < 4.78 is 2.70. The molecule has 136 valence electrons. The Kier molecular flexibility index (Phi) is 5.16. The fourth-order valence-electron chi connectivity index (χ4n) is 3.58. The molecular formula is C19H21BrClN5. The van der Waals surface area contributed by atoms with E-state index in [2.05, 4.69) is 38.3 Å². The van der Waals surface area contributed by atoms with Gasteiger partial charge in [0.05, 0.1) is 16.4 Å². The van der Waals surface area contributed by atoms with Crippen LogP contribution in [0.3, 0.4) is 0 Å². The molecule has 0 saturated carbocycles. The highest BCUT2D eigenvalue weighted by atomic mass is 79.9. The van der Waals surface area contributed by atoms with Crippen molar-refractivity contribution in [1.82, 2.24) is 19.5 Å². The van der Waals surface area contributed by atoms with Gasteiger partial charge in [0.2, 0.25) is 0 Å². The molecule has 26 heavy (non-hydrogen) atoms. The van der Waals surface area contributed by atoms with E-state index in [4.69, 9.17) is 16.6 Å². The molecule has 2 aromatic heterocycles. The van der Waals surface area contributed by atoms with Crippen molar-refractivity contribution < 1.29 is 0 Å². The zero-order valence-corrected chi connectivity index (χ0v) is 17.0. The molecule has 4 rings (SSSR count). The summed E-state index contributed by atoms with van der Waals surface area (Å²) in [5, 5.41) is 8.68. The third-order valence-electron chi connectivity index (χ3n) is 5.03. The molecule has 3 aromatic rings. The largest absolute Gasteiger partial charge is 0.370 e. The first-order valence-corrected chi connectivity index (χ1v) is 10.0. The Balaban J connectivity index is 1.63. The van der Waals surface area contributed by atoms with E-state index in [1.54, 1.807) is 6.20 Å². The number of nitrogens with one attached hydrogen (secondary N) is 1. The molecule has 7 heteroatoms. The average molecular weight is 435 g/mol. The Morgan fingerprint density at radius 1 is 1.35 bits per heavy atom. The predicted molar refractivity (Wildman–Crippen MR) is 110 cm³/mol. The first-order valence-electron chi connectivity index (χ1n) is 8.87. The standard InChI is InChI=1S/C19H21BrClN5/c1-25-10-4-5-13(25)8-9-22-18-11-17(14-6-2-3-7-16(14)21)24-19-15(20)12-23-26(18)19/h2-3,6-7,11-13,22H,4-5,8-10H2,1H3. The van der Waals surface area contributed by atoms with Gasteiger partial charge in [-0.05, 0) is 54.9 Å². The van der Waals surface area contributed by atoms with Gasteiger partial charge >= 0.3 is 0 Å². The summed E-state index contributed by atoms with van der Waals surface area (Å²) in [4.78, 5) is 7.19. The Hall–Kier alpha value is -1.63. The van der Waals surface area contributed by atoms with E-state index in [1.165, 1.54) is 19.4 Å². The van der Waals surface area contributed by atoms with Gasteiger partial charge in [0.15, 0.2) is 5.65 Å². The van der Waals surface area contributed by atoms with Crippen molar-refractivity contribution in [2.45, 2.75) is 25.3 Å². The third-order valence-corrected chi connectivity index (χ3v) is 5.92. The number of hydrogen-bond donors (Lipinski definition) is 1. The second-order valence-electron chi connectivity index (χ2n) is 6.73. The molecule has 0 bridgehead atoms. The van der Waals surface area contributed by atoms with Crippen LogP contribution < -0.4 is 5.32 Å². The first kappa shape index (κ1) is 17.8. The Morgan fingerprint density at radius 2 is 2.19 bits per heavy atom. The lowest BCUT2D eigenvalue weighted by molar-refractivity contribution is 0.301. The van der Waals surface area contributed by atoms with E-state index >= 15 is 0 Å². The molecular weight excluding hydrogens is 414 g/mol. The van der Waals surface area contributed by atoms with Gasteiger partial charge in [-0.25, -0.2) is 4.98 Å². The van der Waals surface area contributed by atoms with Crippen LogP contribution in [0.1, 0.15) is 19.3 Å². The molecule has 0 radical (unpaired) electrons. The molecule has 0 aliphatic carbocycles. The summed E-state index contributed by atoms with van der Waals surface area (Å²) in [5.74, 6) is 0.927. The minimum Gasteiger partial charge on any atom is -0.370 e. The van der Waals surface area contributed by atoms with Gasteiger partial charge in [-0.15, -0.1) is 0 Å². The summed E-state index contributed by atoms with van der Waals surface area (Å²) in [7, 11) is 2.21.